The topological polar surface area (TPSA) is 271 Å². The fourth-order valence-corrected chi connectivity index (χ4v) is 11.7. The molecule has 6 aromatic carbocycles. The number of nitrogens with zero attached hydrogens (tertiary/aromatic N) is 12. The molecule has 0 amide bonds. The number of aromatic nitrogens is 16. The Bertz CT molecular complexity index is 4530. The Kier molecular flexibility index (Phi) is 47.0. The Morgan fingerprint density at radius 1 is 0.464 bits per heavy atom. The van der Waals surface area contributed by atoms with Gasteiger partial charge in [0, 0.05) is 117 Å². The van der Waals surface area contributed by atoms with Gasteiger partial charge in [-0.1, -0.05) is 189 Å². The van der Waals surface area contributed by atoms with Crippen LogP contribution in [0.1, 0.15) is 98.0 Å². The molecule has 0 saturated carbocycles. The number of rotatable bonds is 15. The number of nitrogens with one attached hydrogen (secondary N) is 4. The predicted molar refractivity (Wildman–Crippen MR) is 465 cm³/mol. The number of H-pyrrole nitrogens is 4. The molecule has 0 saturated heterocycles. The van der Waals surface area contributed by atoms with Crippen LogP contribution in [0.25, 0.3) is 0 Å². The van der Waals surface area contributed by atoms with Crippen molar-refractivity contribution in [1.82, 2.24) is 78.9 Å². The van der Waals surface area contributed by atoms with Gasteiger partial charge in [0.2, 0.25) is 0 Å². The molecule has 10 aromatic heterocycles. The van der Waals surface area contributed by atoms with E-state index in [0.29, 0.717) is 11.3 Å². The van der Waals surface area contributed by atoms with E-state index in [4.69, 9.17) is 23.2 Å². The molecule has 0 radical (unpaired) electrons. The first-order chi connectivity index (χ1) is 51.8. The number of hydrogen-bond acceptors (Lipinski definition) is 12. The van der Waals surface area contributed by atoms with Crippen molar-refractivity contribution in [1.29, 1.82) is 0 Å². The van der Waals surface area contributed by atoms with Crippen molar-refractivity contribution in [3.63, 3.8) is 0 Å². The summed E-state index contributed by atoms with van der Waals surface area (Å²) in [5.41, 5.74) is 12.6. The van der Waals surface area contributed by atoms with Crippen LogP contribution in [0, 0.1) is 14.3 Å². The zero-order valence-electron chi connectivity index (χ0n) is 59.3. The number of aliphatic hydroxyl groups is 1. The van der Waals surface area contributed by atoms with Crippen molar-refractivity contribution in [3.8, 4) is 0 Å². The van der Waals surface area contributed by atoms with Gasteiger partial charge in [-0.05, 0) is 144 Å². The van der Waals surface area contributed by atoms with E-state index in [2.05, 4.69) is 301 Å². The van der Waals surface area contributed by atoms with Crippen molar-refractivity contribution in [3.05, 3.63) is 448 Å². The monoisotopic (exact) mass is 1920 g/mol. The van der Waals surface area contributed by atoms with Gasteiger partial charge in [-0.25, -0.2) is 29.9 Å². The number of alkyl halides is 2. The maximum atomic E-state index is 11.0. The molecule has 0 aliphatic rings. The molecule has 110 heavy (non-hydrogen) atoms. The maximum Gasteiger partial charge on any atom is 2.00 e. The van der Waals surface area contributed by atoms with E-state index in [9.17, 15) is 9.90 Å². The average Bonchev–Trinajstić information content (AvgIpc) is 1.33. The molecule has 19 nitrogen and oxygen atoms in total. The summed E-state index contributed by atoms with van der Waals surface area (Å²) in [5, 5.41) is 11.2. The number of aliphatic hydroxyl groups excluding tert-OH is 1. The molecular formula is C84H84BrCl2I3MgN16O3. The number of benzene rings is 6. The summed E-state index contributed by atoms with van der Waals surface area (Å²) in [5.74, 6) is 0. The van der Waals surface area contributed by atoms with E-state index < -0.39 is 17.2 Å². The normalized spacial score (nSPS) is 10.1. The van der Waals surface area contributed by atoms with Gasteiger partial charge in [0.05, 0.1) is 58.9 Å². The SMILES string of the molecule is C.ClCCl.I.Ic1cn(C(c2ccccc2)(c2ccccc2)c2ccccc2)cn1.Ic1cnc[nH]1.O.O=Cc1ccncc1.OC(c1ccncc1)c1cn(C(c2ccccc2)(c2ccccc2)c2ccccc2)cn1.[Br-].[CH2-]C.[Mg+2].c1c[nH]cn1.c1cc(Cc2cnc[nH]2)ccn1.c1cc(Cc2cnc[nH]2)ccn1. The molecule has 7 N–H and O–H groups in total. The largest absolute Gasteiger partial charge is 2.00 e. The Morgan fingerprint density at radius 2 is 0.800 bits per heavy atom. The molecular weight excluding hydrogens is 1840 g/mol. The Morgan fingerprint density at radius 3 is 1.06 bits per heavy atom. The number of hydrogen-bond donors (Lipinski definition) is 5. The molecule has 562 valence electrons. The molecule has 0 fully saturated rings. The summed E-state index contributed by atoms with van der Waals surface area (Å²) in [7, 11) is 0. The zero-order chi connectivity index (χ0) is 73.8. The van der Waals surface area contributed by atoms with Gasteiger partial charge in [-0.15, -0.1) is 47.2 Å². The Balaban J connectivity index is 0.000000355. The van der Waals surface area contributed by atoms with Crippen LogP contribution in [0.3, 0.4) is 0 Å². The van der Waals surface area contributed by atoms with Crippen LogP contribution in [-0.4, -0.2) is 124 Å². The minimum Gasteiger partial charge on any atom is -1.00 e. The van der Waals surface area contributed by atoms with Crippen LogP contribution in [0.4, 0.5) is 0 Å². The van der Waals surface area contributed by atoms with E-state index in [1.807, 2.05) is 85.8 Å². The third-order valence-corrected chi connectivity index (χ3v) is 16.6. The summed E-state index contributed by atoms with van der Waals surface area (Å²) >= 11 is 14.0. The second-order valence-corrected chi connectivity index (χ2v) is 25.1. The quantitative estimate of drug-likeness (QED) is 0.0160. The van der Waals surface area contributed by atoms with Gasteiger partial charge in [0.25, 0.3) is 0 Å². The summed E-state index contributed by atoms with van der Waals surface area (Å²) < 4.78 is 6.37. The molecule has 10 heterocycles. The molecule has 0 bridgehead atoms. The fraction of sp³-hybridized carbons (Fsp3) is 0.0952. The number of imidazole rings is 6. The molecule has 0 spiro atoms. The summed E-state index contributed by atoms with van der Waals surface area (Å²) in [6.45, 7) is 5.00. The Labute approximate surface area is 723 Å². The molecule has 1 atom stereocenters. The fourth-order valence-electron chi connectivity index (χ4n) is 10.9. The minimum absolute atomic E-state index is 0. The number of aromatic amines is 4. The van der Waals surface area contributed by atoms with Crippen LogP contribution in [-0.2, 0) is 23.9 Å². The Hall–Kier alpha value is -9.21. The first-order valence-corrected chi connectivity index (χ1v) is 36.1. The molecule has 26 heteroatoms. The molecule has 1 unspecified atom stereocenters. The van der Waals surface area contributed by atoms with Crippen molar-refractivity contribution in [2.45, 2.75) is 44.4 Å². The first-order valence-electron chi connectivity index (χ1n) is 32.9. The van der Waals surface area contributed by atoms with E-state index in [0.717, 1.165) is 60.2 Å². The minimum atomic E-state index is -0.834. The number of pyridine rings is 4. The van der Waals surface area contributed by atoms with Gasteiger partial charge in [-0.2, -0.15) is 6.92 Å². The predicted octanol–water partition coefficient (Wildman–Crippen LogP) is 15.0. The molecule has 0 aliphatic carbocycles. The van der Waals surface area contributed by atoms with Crippen LogP contribution in [0.2, 0.25) is 0 Å². The van der Waals surface area contributed by atoms with Crippen LogP contribution >= 0.6 is 92.4 Å². The third kappa shape index (κ3) is 28.9. The van der Waals surface area contributed by atoms with Crippen molar-refractivity contribution >= 4 is 122 Å². The van der Waals surface area contributed by atoms with E-state index >= 15 is 0 Å². The van der Waals surface area contributed by atoms with Gasteiger partial charge in [-0.3, -0.25) is 24.7 Å². The number of carbonyl (C=O) groups excluding carboxylic acids is 1. The molecule has 16 rings (SSSR count). The third-order valence-electron chi connectivity index (χ3n) is 15.5. The first kappa shape index (κ1) is 95.0. The van der Waals surface area contributed by atoms with Crippen LogP contribution in [0.5, 0.6) is 0 Å². The number of aldehydes is 1. The summed E-state index contributed by atoms with van der Waals surface area (Å²) in [6.07, 6.45) is 38.8. The van der Waals surface area contributed by atoms with Crippen molar-refractivity contribution in [2.75, 3.05) is 5.34 Å². The number of carbonyl (C=O) groups is 1. The zero-order valence-corrected chi connectivity index (χ0v) is 70.4. The summed E-state index contributed by atoms with van der Waals surface area (Å²) in [4.78, 5) is 61.8. The molecule has 0 aliphatic heterocycles. The van der Waals surface area contributed by atoms with Gasteiger partial charge >= 0.3 is 23.1 Å². The van der Waals surface area contributed by atoms with Gasteiger partial charge in [0.15, 0.2) is 0 Å². The van der Waals surface area contributed by atoms with E-state index in [1.165, 1.54) is 27.8 Å². The number of halogens is 6. The summed E-state index contributed by atoms with van der Waals surface area (Å²) in [6, 6.07) is 78.0. The van der Waals surface area contributed by atoms with Crippen molar-refractivity contribution in [2.24, 2.45) is 0 Å². The van der Waals surface area contributed by atoms with Crippen LogP contribution in [0.15, 0.2) is 361 Å². The van der Waals surface area contributed by atoms with E-state index in [1.54, 1.807) is 113 Å². The van der Waals surface area contributed by atoms with Crippen LogP contribution < -0.4 is 17.0 Å². The van der Waals surface area contributed by atoms with Gasteiger partial charge in [0.1, 0.15) is 27.2 Å². The second-order valence-electron chi connectivity index (χ2n) is 22.0. The van der Waals surface area contributed by atoms with E-state index in [-0.39, 0.29) is 82.3 Å². The average molecular weight is 1920 g/mol. The smallest absolute Gasteiger partial charge is 1.00 e. The molecule has 16 aromatic rings. The maximum absolute atomic E-state index is 11.0. The van der Waals surface area contributed by atoms with Crippen molar-refractivity contribution < 1.29 is 32.4 Å². The second kappa shape index (κ2) is 54.4. The standard InChI is InChI=1S/C28H23N3O.C22H17IN2.2C9H9N3.C6H5NO.C3H3IN2.C3H4N2.C2H5.CH2Cl2.CH4.BrH.HI.Mg.H2O/c32-27(22-16-18-29-19-17-22)26-20-31(21-30-26)28(23-10-4-1-5-11-23,24-12-6-2-7-13-24)25-14-8-3-9-15-25;23-21-16-25(17-24-21)22(18-10-4-1-5-11-18,19-12-6-2-7-13-19)20-14-8-3-9-15-20;2*1-3-10-4-2-8(1)5-9-6-11-7-12-9;8-5-6-1-3-7-4-2-6;4-3-1-5-2-6-3;1-2-5-3-4-1;1-2;2-1-3;;;;;/h1-21,27,32H;1-17H;2*1-4,6-7H,5H2,(H,11,12);1-5H;1-2H,(H,5,6);1-3H,(H,4,5);1H2,2H3;1H2;1H4;2*1H;;1H2/q;;;;;;;-1;;;;;+2;/p-1. The van der Waals surface area contributed by atoms with Gasteiger partial charge < -0.3 is 63.6 Å².